The summed E-state index contributed by atoms with van der Waals surface area (Å²) in [5.41, 5.74) is 3.87. The minimum atomic E-state index is -0.224. The number of thioether (sulfide) groups is 1. The predicted molar refractivity (Wildman–Crippen MR) is 110 cm³/mol. The molecule has 1 atom stereocenters. The summed E-state index contributed by atoms with van der Waals surface area (Å²) in [5, 5.41) is 3.62. The fourth-order valence-corrected chi connectivity index (χ4v) is 4.82. The highest BCUT2D eigenvalue weighted by molar-refractivity contribution is 8.00. The van der Waals surface area contributed by atoms with Crippen LogP contribution in [0.25, 0.3) is 0 Å². The van der Waals surface area contributed by atoms with Gasteiger partial charge in [0.25, 0.3) is 0 Å². The maximum Gasteiger partial charge on any atom is 0.348 e. The smallest absolute Gasteiger partial charge is 0.348 e. The zero-order valence-corrected chi connectivity index (χ0v) is 16.9. The van der Waals surface area contributed by atoms with Crippen molar-refractivity contribution in [1.82, 2.24) is 9.55 Å². The lowest BCUT2D eigenvalue weighted by Gasteiger charge is -2.17. The maximum absolute atomic E-state index is 12.6. The first-order valence-corrected chi connectivity index (χ1v) is 10.8. The largest absolute Gasteiger partial charge is 0.376 e. The molecule has 0 spiro atoms. The molecular weight excluding hydrogens is 374 g/mol. The lowest BCUT2D eigenvalue weighted by atomic mass is 10.2. The number of aryl methyl sites for hydroxylation is 1. The molecule has 1 aromatic carbocycles. The SMILES string of the molecule is Cc1cccc(NC(=O)CSc2nc(=O)n(CC3CCCO3)c3c2CCC3)c1. The molecule has 2 heterocycles. The Morgan fingerprint density at radius 2 is 2.25 bits per heavy atom. The second-order valence-corrected chi connectivity index (χ2v) is 8.39. The minimum absolute atomic E-state index is 0.0901. The van der Waals surface area contributed by atoms with Crippen LogP contribution in [-0.2, 0) is 28.9 Å². The molecule has 1 unspecified atom stereocenters. The van der Waals surface area contributed by atoms with Gasteiger partial charge in [-0.2, -0.15) is 4.98 Å². The Labute approximate surface area is 168 Å². The van der Waals surface area contributed by atoms with Crippen LogP contribution in [-0.4, -0.2) is 33.9 Å². The van der Waals surface area contributed by atoms with E-state index >= 15 is 0 Å². The molecule has 1 aliphatic heterocycles. The number of carbonyl (C=O) groups excluding carboxylic acids is 1. The van der Waals surface area contributed by atoms with E-state index in [1.54, 1.807) is 4.57 Å². The van der Waals surface area contributed by atoms with E-state index in [1.165, 1.54) is 11.8 Å². The molecule has 0 saturated carbocycles. The number of carbonyl (C=O) groups is 1. The molecule has 0 radical (unpaired) electrons. The van der Waals surface area contributed by atoms with Crippen LogP contribution in [0.3, 0.4) is 0 Å². The highest BCUT2D eigenvalue weighted by Crippen LogP contribution is 2.30. The molecule has 2 aliphatic rings. The lowest BCUT2D eigenvalue weighted by molar-refractivity contribution is -0.113. The molecule has 4 rings (SSSR count). The van der Waals surface area contributed by atoms with Gasteiger partial charge in [0, 0.05) is 23.6 Å². The highest BCUT2D eigenvalue weighted by Gasteiger charge is 2.25. The highest BCUT2D eigenvalue weighted by atomic mass is 32.2. The summed E-state index contributed by atoms with van der Waals surface area (Å²) in [6.07, 6.45) is 4.99. The molecule has 0 bridgehead atoms. The number of amides is 1. The number of hydrogen-bond donors (Lipinski definition) is 1. The Morgan fingerprint density at radius 3 is 3.04 bits per heavy atom. The van der Waals surface area contributed by atoms with Gasteiger partial charge in [-0.15, -0.1) is 0 Å². The standard InChI is InChI=1S/C21H25N3O3S/c1-14-5-2-6-15(11-14)22-19(25)13-28-20-17-8-3-9-18(17)24(21(26)23-20)12-16-7-4-10-27-16/h2,5-6,11,16H,3-4,7-10,12-13H2,1H3,(H,22,25). The third-order valence-electron chi connectivity index (χ3n) is 5.25. The third-order valence-corrected chi connectivity index (χ3v) is 6.27. The van der Waals surface area contributed by atoms with Crippen molar-refractivity contribution in [3.63, 3.8) is 0 Å². The van der Waals surface area contributed by atoms with Crippen molar-refractivity contribution in [3.8, 4) is 0 Å². The van der Waals surface area contributed by atoms with E-state index in [9.17, 15) is 9.59 Å². The van der Waals surface area contributed by atoms with Gasteiger partial charge in [-0.05, 0) is 56.7 Å². The van der Waals surface area contributed by atoms with E-state index in [-0.39, 0.29) is 23.5 Å². The third kappa shape index (κ3) is 4.31. The van der Waals surface area contributed by atoms with Crippen LogP contribution in [0.5, 0.6) is 0 Å². The Kier molecular flexibility index (Phi) is 5.82. The molecule has 1 fully saturated rings. The normalized spacial score (nSPS) is 18.2. The van der Waals surface area contributed by atoms with E-state index < -0.39 is 0 Å². The number of rotatable bonds is 6. The van der Waals surface area contributed by atoms with E-state index in [2.05, 4.69) is 10.3 Å². The molecule has 1 amide bonds. The number of benzene rings is 1. The first kappa shape index (κ1) is 19.2. The monoisotopic (exact) mass is 399 g/mol. The molecule has 148 valence electrons. The number of ether oxygens (including phenoxy) is 1. The Morgan fingerprint density at radius 1 is 1.36 bits per heavy atom. The molecule has 1 saturated heterocycles. The molecule has 6 nitrogen and oxygen atoms in total. The van der Waals surface area contributed by atoms with Gasteiger partial charge in [-0.1, -0.05) is 23.9 Å². The molecule has 1 aliphatic carbocycles. The maximum atomic E-state index is 12.6. The quantitative estimate of drug-likeness (QED) is 0.597. The molecule has 2 aromatic rings. The number of nitrogens with zero attached hydrogens (tertiary/aromatic N) is 2. The van der Waals surface area contributed by atoms with E-state index in [0.717, 1.165) is 61.2 Å². The van der Waals surface area contributed by atoms with Crippen LogP contribution in [0.1, 0.15) is 36.1 Å². The number of aromatic nitrogens is 2. The predicted octanol–water partition coefficient (Wildman–Crippen LogP) is 2.95. The summed E-state index contributed by atoms with van der Waals surface area (Å²) in [4.78, 5) is 29.3. The van der Waals surface area contributed by atoms with Gasteiger partial charge in [0.05, 0.1) is 18.4 Å². The number of anilines is 1. The van der Waals surface area contributed by atoms with Gasteiger partial charge in [0.1, 0.15) is 5.03 Å². The fourth-order valence-electron chi connectivity index (χ4n) is 3.94. The van der Waals surface area contributed by atoms with Crippen molar-refractivity contribution >= 4 is 23.4 Å². The second kappa shape index (κ2) is 8.49. The summed E-state index contributed by atoms with van der Waals surface area (Å²) < 4.78 is 7.50. The van der Waals surface area contributed by atoms with Crippen molar-refractivity contribution in [2.45, 2.75) is 56.7 Å². The van der Waals surface area contributed by atoms with Crippen molar-refractivity contribution in [2.75, 3.05) is 17.7 Å². The summed E-state index contributed by atoms with van der Waals surface area (Å²) in [5.74, 6) is 0.149. The van der Waals surface area contributed by atoms with Crippen LogP contribution in [0.15, 0.2) is 34.1 Å². The van der Waals surface area contributed by atoms with Gasteiger partial charge in [-0.3, -0.25) is 9.36 Å². The van der Waals surface area contributed by atoms with Gasteiger partial charge >= 0.3 is 5.69 Å². The first-order valence-electron chi connectivity index (χ1n) is 9.83. The Hall–Kier alpha value is -2.12. The minimum Gasteiger partial charge on any atom is -0.376 e. The van der Waals surface area contributed by atoms with Crippen LogP contribution >= 0.6 is 11.8 Å². The van der Waals surface area contributed by atoms with Crippen molar-refractivity contribution in [3.05, 3.63) is 51.6 Å². The number of hydrogen-bond acceptors (Lipinski definition) is 5. The van der Waals surface area contributed by atoms with Crippen LogP contribution < -0.4 is 11.0 Å². The fraction of sp³-hybridized carbons (Fsp3) is 0.476. The van der Waals surface area contributed by atoms with Gasteiger partial charge in [-0.25, -0.2) is 4.79 Å². The zero-order chi connectivity index (χ0) is 19.5. The topological polar surface area (TPSA) is 73.2 Å². The zero-order valence-electron chi connectivity index (χ0n) is 16.1. The summed E-state index contributed by atoms with van der Waals surface area (Å²) in [6, 6.07) is 7.71. The molecule has 1 N–H and O–H groups in total. The van der Waals surface area contributed by atoms with Crippen LogP contribution in [0.4, 0.5) is 5.69 Å². The van der Waals surface area contributed by atoms with Crippen LogP contribution in [0.2, 0.25) is 0 Å². The van der Waals surface area contributed by atoms with Gasteiger partial charge in [0.15, 0.2) is 0 Å². The number of nitrogens with one attached hydrogen (secondary N) is 1. The molecule has 7 heteroatoms. The lowest BCUT2D eigenvalue weighted by Crippen LogP contribution is -2.31. The average Bonchev–Trinajstić information content (AvgIpc) is 3.34. The average molecular weight is 400 g/mol. The second-order valence-electron chi connectivity index (χ2n) is 7.43. The first-order chi connectivity index (χ1) is 13.6. The van der Waals surface area contributed by atoms with Crippen molar-refractivity contribution in [2.24, 2.45) is 0 Å². The molecule has 28 heavy (non-hydrogen) atoms. The summed E-state index contributed by atoms with van der Waals surface area (Å²) in [6.45, 7) is 3.36. The van der Waals surface area contributed by atoms with Crippen molar-refractivity contribution in [1.29, 1.82) is 0 Å². The van der Waals surface area contributed by atoms with E-state index in [1.807, 2.05) is 31.2 Å². The van der Waals surface area contributed by atoms with Crippen molar-refractivity contribution < 1.29 is 9.53 Å². The van der Waals surface area contributed by atoms with Gasteiger partial charge in [0.2, 0.25) is 5.91 Å². The van der Waals surface area contributed by atoms with E-state index in [0.29, 0.717) is 11.6 Å². The van der Waals surface area contributed by atoms with Gasteiger partial charge < -0.3 is 10.1 Å². The Bertz CT molecular complexity index is 935. The summed E-state index contributed by atoms with van der Waals surface area (Å²) in [7, 11) is 0. The summed E-state index contributed by atoms with van der Waals surface area (Å²) >= 11 is 1.36. The molecular formula is C21H25N3O3S. The van der Waals surface area contributed by atoms with Crippen LogP contribution in [0, 0.1) is 6.92 Å². The Balaban J connectivity index is 1.46. The number of fused-ring (bicyclic) bond motifs is 1. The van der Waals surface area contributed by atoms with E-state index in [4.69, 9.17) is 4.74 Å². The molecule has 1 aromatic heterocycles.